The number of hydrogen-bond acceptors (Lipinski definition) is 6. The van der Waals surface area contributed by atoms with Crippen LogP contribution in [0.5, 0.6) is 0 Å². The van der Waals surface area contributed by atoms with Crippen molar-refractivity contribution >= 4 is 35.8 Å². The van der Waals surface area contributed by atoms with Gasteiger partial charge in [-0.15, -0.1) is 24.0 Å². The monoisotopic (exact) mass is 527 g/mol. The summed E-state index contributed by atoms with van der Waals surface area (Å²) in [7, 11) is 2.16. The molecule has 0 unspecified atom stereocenters. The molecule has 1 aliphatic rings. The van der Waals surface area contributed by atoms with Gasteiger partial charge in [0.05, 0.1) is 18.8 Å². The molecule has 1 fully saturated rings. The van der Waals surface area contributed by atoms with Crippen molar-refractivity contribution < 1.29 is 4.52 Å². The Morgan fingerprint density at radius 3 is 2.67 bits per heavy atom. The van der Waals surface area contributed by atoms with Crippen LogP contribution in [-0.4, -0.2) is 60.8 Å². The number of aromatic nitrogens is 2. The normalized spacial score (nSPS) is 15.2. The summed E-state index contributed by atoms with van der Waals surface area (Å²) >= 11 is 0. The van der Waals surface area contributed by atoms with Crippen molar-refractivity contribution in [1.82, 2.24) is 25.7 Å². The molecule has 166 valence electrons. The topological polar surface area (TPSA) is 81.8 Å². The molecule has 2 aromatic rings. The van der Waals surface area contributed by atoms with Gasteiger partial charge < -0.3 is 25.0 Å². The summed E-state index contributed by atoms with van der Waals surface area (Å²) in [6, 6.07) is 6.08. The highest BCUT2D eigenvalue weighted by molar-refractivity contribution is 14.0. The summed E-state index contributed by atoms with van der Waals surface area (Å²) < 4.78 is 5.41. The number of halogens is 1. The number of rotatable bonds is 7. The SMILES string of the molecule is CCNC(=NCc1cccnc1N1CCN(C)CC1)NCc1cc(C(C)C)no1.I. The van der Waals surface area contributed by atoms with Gasteiger partial charge in [-0.05, 0) is 26.0 Å². The Balaban J connectivity index is 0.00000320. The summed E-state index contributed by atoms with van der Waals surface area (Å²) in [4.78, 5) is 14.1. The van der Waals surface area contributed by atoms with Crippen LogP contribution in [0.25, 0.3) is 0 Å². The summed E-state index contributed by atoms with van der Waals surface area (Å²) in [6.07, 6.45) is 1.86. The van der Waals surface area contributed by atoms with Gasteiger partial charge in [-0.25, -0.2) is 9.98 Å². The van der Waals surface area contributed by atoms with E-state index in [4.69, 9.17) is 9.52 Å². The van der Waals surface area contributed by atoms with E-state index in [1.807, 2.05) is 18.3 Å². The van der Waals surface area contributed by atoms with E-state index in [9.17, 15) is 0 Å². The second kappa shape index (κ2) is 12.1. The first-order valence-corrected chi connectivity index (χ1v) is 10.4. The maximum atomic E-state index is 5.41. The molecule has 0 bridgehead atoms. The van der Waals surface area contributed by atoms with Gasteiger partial charge in [-0.3, -0.25) is 0 Å². The fourth-order valence-corrected chi connectivity index (χ4v) is 3.22. The zero-order valence-electron chi connectivity index (χ0n) is 18.4. The van der Waals surface area contributed by atoms with Crippen molar-refractivity contribution in [3.8, 4) is 0 Å². The number of likely N-dealkylation sites (N-methyl/N-ethyl adjacent to an activating group) is 1. The molecule has 0 aliphatic carbocycles. The number of piperazine rings is 1. The van der Waals surface area contributed by atoms with Crippen molar-refractivity contribution in [2.75, 3.05) is 44.7 Å². The molecule has 2 N–H and O–H groups in total. The highest BCUT2D eigenvalue weighted by Crippen LogP contribution is 2.19. The average molecular weight is 527 g/mol. The van der Waals surface area contributed by atoms with Gasteiger partial charge in [0.1, 0.15) is 5.82 Å². The third-order valence-corrected chi connectivity index (χ3v) is 5.02. The van der Waals surface area contributed by atoms with Crippen molar-refractivity contribution in [1.29, 1.82) is 0 Å². The summed E-state index contributed by atoms with van der Waals surface area (Å²) in [6.45, 7) is 12.3. The molecule has 30 heavy (non-hydrogen) atoms. The number of aliphatic imine (C=N–C) groups is 1. The summed E-state index contributed by atoms with van der Waals surface area (Å²) in [5, 5.41) is 10.7. The molecule has 1 aliphatic heterocycles. The van der Waals surface area contributed by atoms with Crippen LogP contribution < -0.4 is 15.5 Å². The predicted molar refractivity (Wildman–Crippen MR) is 132 cm³/mol. The first-order valence-electron chi connectivity index (χ1n) is 10.4. The van der Waals surface area contributed by atoms with E-state index in [0.29, 0.717) is 19.0 Å². The van der Waals surface area contributed by atoms with E-state index in [1.54, 1.807) is 0 Å². The zero-order chi connectivity index (χ0) is 20.6. The Hall–Kier alpha value is -1.88. The molecule has 0 amide bonds. The molecule has 0 spiro atoms. The van der Waals surface area contributed by atoms with Crippen molar-refractivity contribution in [3.05, 3.63) is 41.4 Å². The average Bonchev–Trinajstić information content (AvgIpc) is 3.20. The molecule has 0 radical (unpaired) electrons. The first kappa shape index (κ1) is 24.4. The van der Waals surface area contributed by atoms with Crippen LogP contribution in [0.15, 0.2) is 33.9 Å². The second-order valence-corrected chi connectivity index (χ2v) is 7.70. The van der Waals surface area contributed by atoms with Gasteiger partial charge in [-0.2, -0.15) is 0 Å². The maximum Gasteiger partial charge on any atom is 0.191 e. The van der Waals surface area contributed by atoms with Gasteiger partial charge in [0.25, 0.3) is 0 Å². The van der Waals surface area contributed by atoms with E-state index in [0.717, 1.165) is 61.5 Å². The lowest BCUT2D eigenvalue weighted by Gasteiger charge is -2.34. The largest absolute Gasteiger partial charge is 0.359 e. The lowest BCUT2D eigenvalue weighted by atomic mass is 10.1. The number of nitrogens with zero attached hydrogens (tertiary/aromatic N) is 5. The number of pyridine rings is 1. The lowest BCUT2D eigenvalue weighted by molar-refractivity contribution is 0.312. The van der Waals surface area contributed by atoms with Crippen LogP contribution in [0.3, 0.4) is 0 Å². The second-order valence-electron chi connectivity index (χ2n) is 7.70. The fourth-order valence-electron chi connectivity index (χ4n) is 3.22. The Kier molecular flexibility index (Phi) is 9.83. The van der Waals surface area contributed by atoms with E-state index < -0.39 is 0 Å². The minimum absolute atomic E-state index is 0. The molecule has 0 atom stereocenters. The van der Waals surface area contributed by atoms with Crippen LogP contribution in [-0.2, 0) is 13.1 Å². The standard InChI is InChI=1S/C21H33N7O.HI/c1-5-22-21(25-15-18-13-19(16(2)3)26-29-18)24-14-17-7-6-8-23-20(17)28-11-9-27(4)10-12-28;/h6-8,13,16H,5,9-12,14-15H2,1-4H3,(H2,22,24,25);1H. The number of hydrogen-bond donors (Lipinski definition) is 2. The van der Waals surface area contributed by atoms with E-state index >= 15 is 0 Å². The summed E-state index contributed by atoms with van der Waals surface area (Å²) in [5.41, 5.74) is 2.10. The zero-order valence-corrected chi connectivity index (χ0v) is 20.7. The van der Waals surface area contributed by atoms with Crippen LogP contribution in [0.1, 0.15) is 43.7 Å². The third-order valence-electron chi connectivity index (χ3n) is 5.02. The summed E-state index contributed by atoms with van der Waals surface area (Å²) in [5.74, 6) is 2.95. The molecule has 8 nitrogen and oxygen atoms in total. The maximum absolute atomic E-state index is 5.41. The van der Waals surface area contributed by atoms with Crippen molar-refractivity contribution in [2.45, 2.75) is 39.8 Å². The molecular weight excluding hydrogens is 493 g/mol. The smallest absolute Gasteiger partial charge is 0.191 e. The quantitative estimate of drug-likeness (QED) is 0.326. The van der Waals surface area contributed by atoms with Gasteiger partial charge in [-0.1, -0.05) is 25.1 Å². The van der Waals surface area contributed by atoms with Crippen LogP contribution in [0.2, 0.25) is 0 Å². The molecule has 3 rings (SSSR count). The van der Waals surface area contributed by atoms with Gasteiger partial charge in [0, 0.05) is 50.6 Å². The first-order chi connectivity index (χ1) is 14.1. The molecule has 1 saturated heterocycles. The van der Waals surface area contributed by atoms with Crippen molar-refractivity contribution in [3.63, 3.8) is 0 Å². The number of guanidine groups is 1. The van der Waals surface area contributed by atoms with Gasteiger partial charge >= 0.3 is 0 Å². The number of anilines is 1. The Labute approximate surface area is 196 Å². The van der Waals surface area contributed by atoms with Crippen molar-refractivity contribution in [2.24, 2.45) is 4.99 Å². The van der Waals surface area contributed by atoms with Gasteiger partial charge in [0.15, 0.2) is 11.7 Å². The molecule has 3 heterocycles. The predicted octanol–water partition coefficient (Wildman–Crippen LogP) is 2.82. The lowest BCUT2D eigenvalue weighted by Crippen LogP contribution is -2.45. The highest BCUT2D eigenvalue weighted by Gasteiger charge is 2.18. The fraction of sp³-hybridized carbons (Fsp3) is 0.571. The minimum Gasteiger partial charge on any atom is -0.359 e. The van der Waals surface area contributed by atoms with Crippen LogP contribution >= 0.6 is 24.0 Å². The highest BCUT2D eigenvalue weighted by atomic mass is 127. The van der Waals surface area contributed by atoms with Crippen LogP contribution in [0, 0.1) is 0 Å². The van der Waals surface area contributed by atoms with E-state index in [-0.39, 0.29) is 24.0 Å². The Morgan fingerprint density at radius 2 is 2.00 bits per heavy atom. The number of nitrogens with one attached hydrogen (secondary N) is 2. The third kappa shape index (κ3) is 6.83. The minimum atomic E-state index is 0. The molecule has 2 aromatic heterocycles. The van der Waals surface area contributed by atoms with E-state index in [2.05, 4.69) is 64.5 Å². The van der Waals surface area contributed by atoms with E-state index in [1.165, 1.54) is 0 Å². The molecule has 0 saturated carbocycles. The van der Waals surface area contributed by atoms with Gasteiger partial charge in [0.2, 0.25) is 0 Å². The van der Waals surface area contributed by atoms with Crippen LogP contribution in [0.4, 0.5) is 5.82 Å². The molecule has 9 heteroatoms. The molecule has 0 aromatic carbocycles. The molecular formula is C21H34IN7O. The Morgan fingerprint density at radius 1 is 1.23 bits per heavy atom. The Bertz CT molecular complexity index is 800.